The van der Waals surface area contributed by atoms with Crippen molar-refractivity contribution < 1.29 is 0 Å². The minimum absolute atomic E-state index is 1.00. The molecule has 2 heterocycles. The molecule has 0 unspecified atom stereocenters. The highest BCUT2D eigenvalue weighted by Crippen LogP contribution is 2.35. The molecule has 2 N–H and O–H groups in total. The predicted octanol–water partition coefficient (Wildman–Crippen LogP) is 4.49. The van der Waals surface area contributed by atoms with E-state index in [4.69, 9.17) is 0 Å². The summed E-state index contributed by atoms with van der Waals surface area (Å²) in [6.07, 6.45) is 3.74. The Kier molecular flexibility index (Phi) is 2.48. The largest absolute Gasteiger partial charge is 0.354 e. The maximum absolute atomic E-state index is 4.13. The molecule has 3 heteroatoms. The van der Waals surface area contributed by atoms with Gasteiger partial charge in [0, 0.05) is 51.5 Å². The standard InChI is InChI=1S/C18H15N3/c1-3-11-16(10-19-2)21-14-8-9-15-18(17(11)14)12-6-4-5-7-13(12)20-15/h3-10,20-21H,1H2,2H3/b19-10+. The summed E-state index contributed by atoms with van der Waals surface area (Å²) in [5.41, 5.74) is 5.51. The molecule has 2 aromatic carbocycles. The van der Waals surface area contributed by atoms with Gasteiger partial charge in [-0.3, -0.25) is 4.99 Å². The third-order valence-electron chi connectivity index (χ3n) is 3.96. The summed E-state index contributed by atoms with van der Waals surface area (Å²) >= 11 is 0. The first-order chi connectivity index (χ1) is 10.3. The number of rotatable bonds is 2. The number of benzene rings is 2. The van der Waals surface area contributed by atoms with Gasteiger partial charge in [0.2, 0.25) is 0 Å². The van der Waals surface area contributed by atoms with Crippen molar-refractivity contribution in [2.45, 2.75) is 0 Å². The van der Waals surface area contributed by atoms with Crippen molar-refractivity contribution in [3.63, 3.8) is 0 Å². The molecule has 0 fully saturated rings. The number of nitrogens with one attached hydrogen (secondary N) is 2. The molecule has 0 spiro atoms. The number of aliphatic imine (C=N–C) groups is 1. The van der Waals surface area contributed by atoms with Crippen LogP contribution in [0.25, 0.3) is 38.8 Å². The van der Waals surface area contributed by atoms with E-state index < -0.39 is 0 Å². The Hall–Kier alpha value is -2.81. The first kappa shape index (κ1) is 12.0. The van der Waals surface area contributed by atoms with Gasteiger partial charge in [0.15, 0.2) is 0 Å². The molecule has 0 saturated carbocycles. The molecular formula is C18H15N3. The predicted molar refractivity (Wildman–Crippen MR) is 91.3 cm³/mol. The molecule has 3 nitrogen and oxygen atoms in total. The molecule has 0 bridgehead atoms. The summed E-state index contributed by atoms with van der Waals surface area (Å²) in [6, 6.07) is 12.6. The first-order valence-corrected chi connectivity index (χ1v) is 6.93. The summed E-state index contributed by atoms with van der Waals surface area (Å²) in [6.45, 7) is 3.98. The lowest BCUT2D eigenvalue weighted by Crippen LogP contribution is -1.83. The van der Waals surface area contributed by atoms with Crippen LogP contribution in [0.4, 0.5) is 0 Å². The molecule has 4 aromatic rings. The zero-order valence-corrected chi connectivity index (χ0v) is 11.8. The Balaban J connectivity index is 2.29. The number of fused-ring (bicyclic) bond motifs is 5. The fraction of sp³-hybridized carbons (Fsp3) is 0.0556. The van der Waals surface area contributed by atoms with Crippen LogP contribution in [0.3, 0.4) is 0 Å². The Morgan fingerprint density at radius 2 is 1.71 bits per heavy atom. The number of hydrogen-bond acceptors (Lipinski definition) is 1. The van der Waals surface area contributed by atoms with E-state index in [1.54, 1.807) is 7.05 Å². The smallest absolute Gasteiger partial charge is 0.0646 e. The van der Waals surface area contributed by atoms with E-state index >= 15 is 0 Å². The van der Waals surface area contributed by atoms with Gasteiger partial charge in [-0.05, 0) is 18.2 Å². The molecule has 0 aliphatic heterocycles. The van der Waals surface area contributed by atoms with Gasteiger partial charge in [-0.25, -0.2) is 0 Å². The number of para-hydroxylation sites is 1. The van der Waals surface area contributed by atoms with Gasteiger partial charge in [-0.15, -0.1) is 0 Å². The number of aromatic nitrogens is 2. The van der Waals surface area contributed by atoms with E-state index in [0.29, 0.717) is 0 Å². The van der Waals surface area contributed by atoms with E-state index in [0.717, 1.165) is 27.8 Å². The van der Waals surface area contributed by atoms with Gasteiger partial charge < -0.3 is 9.97 Å². The van der Waals surface area contributed by atoms with Crippen LogP contribution in [0.1, 0.15) is 11.3 Å². The minimum Gasteiger partial charge on any atom is -0.354 e. The summed E-state index contributed by atoms with van der Waals surface area (Å²) in [7, 11) is 1.78. The van der Waals surface area contributed by atoms with Crippen LogP contribution < -0.4 is 0 Å². The van der Waals surface area contributed by atoms with Crippen LogP contribution in [0.5, 0.6) is 0 Å². The van der Waals surface area contributed by atoms with Crippen LogP contribution in [-0.4, -0.2) is 23.2 Å². The second-order valence-corrected chi connectivity index (χ2v) is 5.13. The third kappa shape index (κ3) is 1.57. The molecule has 102 valence electrons. The lowest BCUT2D eigenvalue weighted by molar-refractivity contribution is 1.39. The fourth-order valence-electron chi connectivity index (χ4n) is 3.12. The van der Waals surface area contributed by atoms with Gasteiger partial charge in [-0.2, -0.15) is 0 Å². The molecule has 2 aromatic heterocycles. The Morgan fingerprint density at radius 1 is 0.952 bits per heavy atom. The third-order valence-corrected chi connectivity index (χ3v) is 3.96. The summed E-state index contributed by atoms with van der Waals surface area (Å²) in [5, 5.41) is 3.68. The van der Waals surface area contributed by atoms with Crippen LogP contribution in [0.15, 0.2) is 48.0 Å². The highest BCUT2D eigenvalue weighted by molar-refractivity contribution is 6.22. The average Bonchev–Trinajstić information content (AvgIpc) is 3.04. The van der Waals surface area contributed by atoms with Crippen molar-refractivity contribution in [3.8, 4) is 0 Å². The molecular weight excluding hydrogens is 258 g/mol. The van der Waals surface area contributed by atoms with Gasteiger partial charge in [-0.1, -0.05) is 30.9 Å². The molecule has 0 atom stereocenters. The Labute approximate surface area is 122 Å². The lowest BCUT2D eigenvalue weighted by atomic mass is 10.0. The molecule has 0 amide bonds. The van der Waals surface area contributed by atoms with Crippen LogP contribution >= 0.6 is 0 Å². The number of nitrogens with zero attached hydrogens (tertiary/aromatic N) is 1. The SMILES string of the molecule is C=Cc1c(/C=N/C)[nH]c2ccc3[nH]c4ccccc4c3c12. The lowest BCUT2D eigenvalue weighted by Gasteiger charge is -1.97. The monoisotopic (exact) mass is 273 g/mol. The van der Waals surface area contributed by atoms with Gasteiger partial charge in [0.1, 0.15) is 0 Å². The van der Waals surface area contributed by atoms with Gasteiger partial charge >= 0.3 is 0 Å². The van der Waals surface area contributed by atoms with Gasteiger partial charge in [0.05, 0.1) is 5.69 Å². The molecule has 21 heavy (non-hydrogen) atoms. The number of aromatic amines is 2. The summed E-state index contributed by atoms with van der Waals surface area (Å²) in [4.78, 5) is 11.0. The Morgan fingerprint density at radius 3 is 2.48 bits per heavy atom. The van der Waals surface area contributed by atoms with Crippen molar-refractivity contribution in [2.24, 2.45) is 4.99 Å². The fourth-order valence-corrected chi connectivity index (χ4v) is 3.12. The Bertz CT molecular complexity index is 1020. The highest BCUT2D eigenvalue weighted by Gasteiger charge is 2.14. The van der Waals surface area contributed by atoms with Crippen molar-refractivity contribution in [2.75, 3.05) is 7.05 Å². The zero-order chi connectivity index (χ0) is 14.4. The zero-order valence-electron chi connectivity index (χ0n) is 11.8. The number of H-pyrrole nitrogens is 2. The van der Waals surface area contributed by atoms with Crippen molar-refractivity contribution in [1.82, 2.24) is 9.97 Å². The molecule has 0 radical (unpaired) electrons. The molecule has 0 saturated heterocycles. The van der Waals surface area contributed by atoms with Crippen LogP contribution in [0, 0.1) is 0 Å². The second kappa shape index (κ2) is 4.35. The van der Waals surface area contributed by atoms with E-state index in [1.165, 1.54) is 16.2 Å². The van der Waals surface area contributed by atoms with Crippen LogP contribution in [-0.2, 0) is 0 Å². The molecule has 4 rings (SSSR count). The van der Waals surface area contributed by atoms with Crippen molar-refractivity contribution in [1.29, 1.82) is 0 Å². The van der Waals surface area contributed by atoms with Crippen LogP contribution in [0.2, 0.25) is 0 Å². The second-order valence-electron chi connectivity index (χ2n) is 5.13. The van der Waals surface area contributed by atoms with Crippen molar-refractivity contribution >= 4 is 45.0 Å². The first-order valence-electron chi connectivity index (χ1n) is 6.93. The molecule has 0 aliphatic rings. The van der Waals surface area contributed by atoms with E-state index in [9.17, 15) is 0 Å². The summed E-state index contributed by atoms with van der Waals surface area (Å²) < 4.78 is 0. The maximum Gasteiger partial charge on any atom is 0.0646 e. The summed E-state index contributed by atoms with van der Waals surface area (Å²) in [5.74, 6) is 0. The normalized spacial score (nSPS) is 12.0. The van der Waals surface area contributed by atoms with Gasteiger partial charge in [0.25, 0.3) is 0 Å². The van der Waals surface area contributed by atoms with Crippen molar-refractivity contribution in [3.05, 3.63) is 54.2 Å². The van der Waals surface area contributed by atoms with E-state index in [1.807, 2.05) is 12.3 Å². The van der Waals surface area contributed by atoms with E-state index in [-0.39, 0.29) is 0 Å². The highest BCUT2D eigenvalue weighted by atomic mass is 14.8. The maximum atomic E-state index is 4.13. The topological polar surface area (TPSA) is 43.9 Å². The average molecular weight is 273 g/mol. The van der Waals surface area contributed by atoms with E-state index in [2.05, 4.69) is 57.9 Å². The molecule has 0 aliphatic carbocycles. The number of hydrogen-bond donors (Lipinski definition) is 2. The minimum atomic E-state index is 1.00. The quantitative estimate of drug-likeness (QED) is 0.505.